The molecule has 0 aliphatic rings. The van der Waals surface area contributed by atoms with Gasteiger partial charge in [0.1, 0.15) is 5.82 Å². The summed E-state index contributed by atoms with van der Waals surface area (Å²) in [6, 6.07) is 12.8. The molecule has 0 atom stereocenters. The molecule has 0 spiro atoms. The third-order valence-corrected chi connectivity index (χ3v) is 6.68. The third-order valence-electron chi connectivity index (χ3n) is 6.68. The summed E-state index contributed by atoms with van der Waals surface area (Å²) in [6.45, 7) is 0.270. The zero-order chi connectivity index (χ0) is 36.7. The number of para-hydroxylation sites is 1. The van der Waals surface area contributed by atoms with Gasteiger partial charge in [-0.2, -0.15) is 65.9 Å². The number of aryl methyl sites for hydroxylation is 1. The summed E-state index contributed by atoms with van der Waals surface area (Å²) >= 11 is 0. The van der Waals surface area contributed by atoms with E-state index < -0.39 is 71.2 Å². The molecule has 0 saturated heterocycles. The SMILES string of the molecule is Cc1ccc(CN(C(=O)C(F)(F)C(F)(F)C(F)(F)C(F)(F)C(F)(F)C(F)(F)C(F)(F)F)c2ccccc2C#Cc2ccc(F)cc2)cc1. The van der Waals surface area contributed by atoms with Gasteiger partial charge >= 0.3 is 47.6 Å². The molecule has 1 amide bonds. The Morgan fingerprint density at radius 2 is 1.08 bits per heavy atom. The van der Waals surface area contributed by atoms with Crippen molar-refractivity contribution >= 4 is 11.6 Å². The maximum atomic E-state index is 15.2. The van der Waals surface area contributed by atoms with Crippen LogP contribution in [0.15, 0.2) is 72.8 Å². The highest BCUT2D eigenvalue weighted by atomic mass is 19.4. The number of hydrogen-bond acceptors (Lipinski definition) is 1. The van der Waals surface area contributed by atoms with Crippen LogP contribution in [0.5, 0.6) is 0 Å². The van der Waals surface area contributed by atoms with Crippen molar-refractivity contribution in [1.29, 1.82) is 0 Å². The molecular weight excluding hydrogens is 694 g/mol. The molecule has 3 aromatic carbocycles. The predicted octanol–water partition coefficient (Wildman–Crippen LogP) is 9.44. The lowest BCUT2D eigenvalue weighted by atomic mass is 9.90. The van der Waals surface area contributed by atoms with Crippen molar-refractivity contribution in [1.82, 2.24) is 0 Å². The van der Waals surface area contributed by atoms with E-state index in [1.54, 1.807) is 0 Å². The normalized spacial score (nSPS) is 13.5. The summed E-state index contributed by atoms with van der Waals surface area (Å²) in [5.41, 5.74) is -1.04. The average molecular weight is 711 g/mol. The minimum atomic E-state index is -8.55. The van der Waals surface area contributed by atoms with Crippen LogP contribution in [-0.2, 0) is 11.3 Å². The van der Waals surface area contributed by atoms with E-state index in [1.165, 1.54) is 19.1 Å². The second-order valence-electron chi connectivity index (χ2n) is 10.1. The molecule has 0 aromatic heterocycles. The van der Waals surface area contributed by atoms with Gasteiger partial charge in [-0.1, -0.05) is 53.8 Å². The third kappa shape index (κ3) is 6.38. The highest BCUT2D eigenvalue weighted by molar-refractivity contribution is 6.00. The fraction of sp³-hybridized carbons (Fsp3) is 0.300. The van der Waals surface area contributed by atoms with Crippen LogP contribution in [0.1, 0.15) is 22.3 Å². The zero-order valence-corrected chi connectivity index (χ0v) is 23.5. The van der Waals surface area contributed by atoms with Crippen LogP contribution in [0.25, 0.3) is 0 Å². The molecular formula is C30H17F16NO. The molecule has 0 fully saturated rings. The molecule has 0 bridgehead atoms. The fourth-order valence-corrected chi connectivity index (χ4v) is 3.90. The second kappa shape index (κ2) is 12.5. The highest BCUT2D eigenvalue weighted by Crippen LogP contribution is 2.62. The molecule has 3 aromatic rings. The number of benzene rings is 3. The number of alkyl halides is 15. The lowest BCUT2D eigenvalue weighted by Gasteiger charge is -2.41. The van der Waals surface area contributed by atoms with Gasteiger partial charge in [0.05, 0.1) is 12.2 Å². The summed E-state index contributed by atoms with van der Waals surface area (Å²) in [5, 5.41) is 0. The smallest absolute Gasteiger partial charge is 0.301 e. The highest BCUT2D eigenvalue weighted by Gasteiger charge is 2.94. The van der Waals surface area contributed by atoms with E-state index in [4.69, 9.17) is 0 Å². The van der Waals surface area contributed by atoms with Crippen LogP contribution in [0.4, 0.5) is 75.9 Å². The Hall–Kier alpha value is -4.43. The lowest BCUT2D eigenvalue weighted by molar-refractivity contribution is -0.449. The van der Waals surface area contributed by atoms with Crippen LogP contribution >= 0.6 is 0 Å². The molecule has 0 aliphatic carbocycles. The molecule has 0 saturated carbocycles. The number of carbonyl (C=O) groups excluding carboxylic acids is 1. The van der Waals surface area contributed by atoms with Gasteiger partial charge in [-0.3, -0.25) is 4.79 Å². The van der Waals surface area contributed by atoms with E-state index in [9.17, 15) is 66.3 Å². The van der Waals surface area contributed by atoms with Crippen LogP contribution in [0.3, 0.4) is 0 Å². The number of anilines is 1. The molecule has 3 rings (SSSR count). The Labute approximate surface area is 259 Å². The number of rotatable bonds is 9. The largest absolute Gasteiger partial charge is 0.460 e. The number of hydrogen-bond donors (Lipinski definition) is 0. The van der Waals surface area contributed by atoms with Crippen LogP contribution < -0.4 is 4.90 Å². The Balaban J connectivity index is 2.20. The van der Waals surface area contributed by atoms with Crippen molar-refractivity contribution in [2.75, 3.05) is 4.90 Å². The number of halogens is 16. The van der Waals surface area contributed by atoms with Crippen LogP contribution in [-0.4, -0.2) is 47.6 Å². The lowest BCUT2D eigenvalue weighted by Crippen LogP contribution is -2.74. The standard InChI is InChI=1S/C30H17F16NO/c1-17-6-8-19(9-7-17)16-47(22-5-3-2-4-20(22)13-10-18-11-14-21(31)15-12-18)23(48)24(32,33)25(34,35)26(36,37)27(38,39)28(40,41)29(42,43)30(44,45)46/h2-9,11-12,14-15H,16H2,1H3. The summed E-state index contributed by atoms with van der Waals surface area (Å²) in [7, 11) is 0. The minimum Gasteiger partial charge on any atom is -0.301 e. The predicted molar refractivity (Wildman–Crippen MR) is 137 cm³/mol. The van der Waals surface area contributed by atoms with E-state index in [-0.39, 0.29) is 16.0 Å². The number of nitrogens with zero attached hydrogens (tertiary/aromatic N) is 1. The molecule has 0 heterocycles. The molecule has 2 nitrogen and oxygen atoms in total. The van der Waals surface area contributed by atoms with Crippen molar-refractivity contribution in [3.05, 3.63) is 101 Å². The van der Waals surface area contributed by atoms with E-state index in [0.717, 1.165) is 60.7 Å². The van der Waals surface area contributed by atoms with Crippen LogP contribution in [0.2, 0.25) is 0 Å². The van der Waals surface area contributed by atoms with Crippen LogP contribution in [0, 0.1) is 24.6 Å². The van der Waals surface area contributed by atoms with Gasteiger partial charge in [0.2, 0.25) is 0 Å². The Morgan fingerprint density at radius 1 is 0.604 bits per heavy atom. The first-order valence-electron chi connectivity index (χ1n) is 12.8. The molecule has 0 radical (unpaired) electrons. The number of amides is 1. The molecule has 48 heavy (non-hydrogen) atoms. The van der Waals surface area contributed by atoms with E-state index in [1.807, 2.05) is 0 Å². The Kier molecular flexibility index (Phi) is 9.94. The molecule has 18 heteroatoms. The summed E-state index contributed by atoms with van der Waals surface area (Å²) < 4.78 is 221. The van der Waals surface area contributed by atoms with Gasteiger partial charge in [-0.15, -0.1) is 0 Å². The molecule has 0 unspecified atom stereocenters. The van der Waals surface area contributed by atoms with Crippen molar-refractivity contribution < 1.29 is 75.0 Å². The zero-order valence-electron chi connectivity index (χ0n) is 23.5. The minimum absolute atomic E-state index is 0.0536. The van der Waals surface area contributed by atoms with E-state index >= 15 is 8.78 Å². The first-order chi connectivity index (χ1) is 21.7. The number of carbonyl (C=O) groups is 1. The Bertz CT molecular complexity index is 1680. The van der Waals surface area contributed by atoms with Gasteiger partial charge in [0.25, 0.3) is 0 Å². The fourth-order valence-electron chi connectivity index (χ4n) is 3.90. The first-order valence-corrected chi connectivity index (χ1v) is 12.8. The molecule has 0 N–H and O–H groups in total. The van der Waals surface area contributed by atoms with Crippen molar-refractivity contribution in [3.63, 3.8) is 0 Å². The first kappa shape index (κ1) is 38.0. The van der Waals surface area contributed by atoms with E-state index in [2.05, 4.69) is 11.8 Å². The van der Waals surface area contributed by atoms with Crippen molar-refractivity contribution in [2.24, 2.45) is 0 Å². The monoisotopic (exact) mass is 711 g/mol. The maximum absolute atomic E-state index is 15.2. The molecule has 260 valence electrons. The quantitative estimate of drug-likeness (QED) is 0.160. The topological polar surface area (TPSA) is 20.3 Å². The summed E-state index contributed by atoms with van der Waals surface area (Å²) in [4.78, 5) is 12.7. The van der Waals surface area contributed by atoms with Gasteiger partial charge in [-0.05, 0) is 48.9 Å². The van der Waals surface area contributed by atoms with Crippen molar-refractivity contribution in [2.45, 2.75) is 55.2 Å². The average Bonchev–Trinajstić information content (AvgIpc) is 2.99. The van der Waals surface area contributed by atoms with Gasteiger partial charge in [0, 0.05) is 11.1 Å². The summed E-state index contributed by atoms with van der Waals surface area (Å²) in [5.74, 6) is -48.3. The summed E-state index contributed by atoms with van der Waals surface area (Å²) in [6.07, 6.45) is -7.76. The van der Waals surface area contributed by atoms with Gasteiger partial charge in [0.15, 0.2) is 0 Å². The van der Waals surface area contributed by atoms with Gasteiger partial charge < -0.3 is 4.90 Å². The van der Waals surface area contributed by atoms with E-state index in [0.29, 0.717) is 5.56 Å². The molecule has 0 aliphatic heterocycles. The second-order valence-corrected chi connectivity index (χ2v) is 10.1. The maximum Gasteiger partial charge on any atom is 0.460 e. The van der Waals surface area contributed by atoms with Gasteiger partial charge in [-0.25, -0.2) is 4.39 Å². The van der Waals surface area contributed by atoms with Crippen molar-refractivity contribution in [3.8, 4) is 11.8 Å². The Morgan fingerprint density at radius 3 is 1.60 bits per heavy atom.